The van der Waals surface area contributed by atoms with Gasteiger partial charge in [-0.15, -0.1) is 0 Å². The highest BCUT2D eigenvalue weighted by Gasteiger charge is 2.12. The maximum atomic E-state index is 6.09. The van der Waals surface area contributed by atoms with Crippen LogP contribution in [0.15, 0.2) is 12.1 Å². The highest BCUT2D eigenvalue weighted by Crippen LogP contribution is 2.37. The van der Waals surface area contributed by atoms with Gasteiger partial charge in [0.2, 0.25) is 11.2 Å². The third-order valence-electron chi connectivity index (χ3n) is 2.49. The molecule has 1 aromatic carbocycles. The minimum absolute atomic E-state index is 0.00271. The van der Waals surface area contributed by atoms with E-state index in [2.05, 4.69) is 20.3 Å². The molecule has 2 aromatic rings. The summed E-state index contributed by atoms with van der Waals surface area (Å²) in [6.45, 7) is 0. The van der Waals surface area contributed by atoms with Crippen LogP contribution in [0, 0.1) is 0 Å². The van der Waals surface area contributed by atoms with E-state index in [1.54, 1.807) is 12.1 Å². The van der Waals surface area contributed by atoms with Gasteiger partial charge in [-0.3, -0.25) is 0 Å². The van der Waals surface area contributed by atoms with Gasteiger partial charge in [0.25, 0.3) is 0 Å². The van der Waals surface area contributed by atoms with Crippen LogP contribution in [0.1, 0.15) is 0 Å². The molecule has 0 unspecified atom stereocenters. The summed E-state index contributed by atoms with van der Waals surface area (Å²) >= 11 is 11.9. The molecule has 0 saturated carbocycles. The van der Waals surface area contributed by atoms with Crippen LogP contribution in [0.4, 0.5) is 11.6 Å². The molecule has 0 aliphatic carbocycles. The van der Waals surface area contributed by atoms with E-state index in [0.717, 1.165) is 0 Å². The molecule has 21 heavy (non-hydrogen) atoms. The van der Waals surface area contributed by atoms with Crippen molar-refractivity contribution in [1.29, 1.82) is 0 Å². The largest absolute Gasteiger partial charge is 0.495 e. The van der Waals surface area contributed by atoms with Crippen LogP contribution in [0.2, 0.25) is 10.3 Å². The zero-order chi connectivity index (χ0) is 15.4. The number of hydrogen-bond acceptors (Lipinski definition) is 7. The highest BCUT2D eigenvalue weighted by molar-refractivity contribution is 6.32. The van der Waals surface area contributed by atoms with Crippen LogP contribution >= 0.6 is 23.2 Å². The van der Waals surface area contributed by atoms with Gasteiger partial charge in [0, 0.05) is 6.07 Å². The predicted molar refractivity (Wildman–Crippen MR) is 79.2 cm³/mol. The van der Waals surface area contributed by atoms with Crippen molar-refractivity contribution in [2.45, 2.75) is 0 Å². The van der Waals surface area contributed by atoms with Gasteiger partial charge in [0.15, 0.2) is 0 Å². The number of aromatic nitrogens is 3. The van der Waals surface area contributed by atoms with Gasteiger partial charge < -0.3 is 19.5 Å². The Hall–Kier alpha value is -1.99. The molecule has 0 bridgehead atoms. The molecule has 0 spiro atoms. The quantitative estimate of drug-likeness (QED) is 0.902. The Morgan fingerprint density at radius 1 is 0.905 bits per heavy atom. The second kappa shape index (κ2) is 6.64. The Bertz CT molecular complexity index is 655. The fourth-order valence-electron chi connectivity index (χ4n) is 1.56. The summed E-state index contributed by atoms with van der Waals surface area (Å²) in [7, 11) is 4.47. The van der Waals surface area contributed by atoms with Gasteiger partial charge in [0.1, 0.15) is 11.5 Å². The smallest absolute Gasteiger partial charge is 0.322 e. The number of nitrogens with one attached hydrogen (secondary N) is 1. The second-order valence-corrected chi connectivity index (χ2v) is 4.47. The maximum absolute atomic E-state index is 6.09. The van der Waals surface area contributed by atoms with Crippen LogP contribution in [0.3, 0.4) is 0 Å². The molecule has 112 valence electrons. The number of nitrogens with zero attached hydrogens (tertiary/aromatic N) is 3. The minimum atomic E-state index is 0.00271. The van der Waals surface area contributed by atoms with E-state index in [1.165, 1.54) is 21.3 Å². The van der Waals surface area contributed by atoms with Gasteiger partial charge in [-0.1, -0.05) is 11.6 Å². The van der Waals surface area contributed by atoms with E-state index in [9.17, 15) is 0 Å². The first kappa shape index (κ1) is 15.4. The molecular formula is C12H12Cl2N4O3. The number of hydrogen-bond donors (Lipinski definition) is 1. The van der Waals surface area contributed by atoms with E-state index in [4.69, 9.17) is 37.4 Å². The van der Waals surface area contributed by atoms with Gasteiger partial charge in [-0.05, 0) is 17.7 Å². The molecule has 0 atom stereocenters. The van der Waals surface area contributed by atoms with Gasteiger partial charge >= 0.3 is 6.01 Å². The van der Waals surface area contributed by atoms with Crippen LogP contribution in [0.5, 0.6) is 17.5 Å². The van der Waals surface area contributed by atoms with E-state index >= 15 is 0 Å². The SMILES string of the molecule is COc1nc(Cl)nc(Nc2cc(Cl)c(OC)cc2OC)n1. The minimum Gasteiger partial charge on any atom is -0.495 e. The molecule has 0 radical (unpaired) electrons. The van der Waals surface area contributed by atoms with Crippen molar-refractivity contribution in [3.63, 3.8) is 0 Å². The third-order valence-corrected chi connectivity index (χ3v) is 2.95. The van der Waals surface area contributed by atoms with Crippen molar-refractivity contribution in [1.82, 2.24) is 15.0 Å². The molecule has 1 N–H and O–H groups in total. The summed E-state index contributed by atoms with van der Waals surface area (Å²) in [5.41, 5.74) is 0.549. The normalized spacial score (nSPS) is 10.1. The van der Waals surface area contributed by atoms with Crippen molar-refractivity contribution < 1.29 is 14.2 Å². The number of halogens is 2. The van der Waals surface area contributed by atoms with Gasteiger partial charge in [-0.25, -0.2) is 0 Å². The lowest BCUT2D eigenvalue weighted by molar-refractivity contribution is 0.379. The van der Waals surface area contributed by atoms with Crippen molar-refractivity contribution in [2.75, 3.05) is 26.6 Å². The highest BCUT2D eigenvalue weighted by atomic mass is 35.5. The van der Waals surface area contributed by atoms with Crippen molar-refractivity contribution in [2.24, 2.45) is 0 Å². The molecular weight excluding hydrogens is 319 g/mol. The number of benzene rings is 1. The van der Waals surface area contributed by atoms with Crippen LogP contribution in [-0.4, -0.2) is 36.3 Å². The van der Waals surface area contributed by atoms with Gasteiger partial charge in [0.05, 0.1) is 32.0 Å². The number of ether oxygens (including phenoxy) is 3. The first-order chi connectivity index (χ1) is 10.1. The van der Waals surface area contributed by atoms with Crippen LogP contribution < -0.4 is 19.5 Å². The average Bonchev–Trinajstić information content (AvgIpc) is 2.47. The van der Waals surface area contributed by atoms with Crippen LogP contribution in [0.25, 0.3) is 0 Å². The summed E-state index contributed by atoms with van der Waals surface area (Å²) in [6.07, 6.45) is 0. The number of anilines is 2. The van der Waals surface area contributed by atoms with Crippen LogP contribution in [-0.2, 0) is 0 Å². The van der Waals surface area contributed by atoms with Crippen molar-refractivity contribution in [3.05, 3.63) is 22.4 Å². The van der Waals surface area contributed by atoms with Crippen molar-refractivity contribution >= 4 is 34.8 Å². The molecule has 0 aliphatic heterocycles. The summed E-state index contributed by atoms with van der Waals surface area (Å²) in [5.74, 6) is 1.20. The van der Waals surface area contributed by atoms with E-state index in [1.807, 2.05) is 0 Å². The van der Waals surface area contributed by atoms with E-state index in [0.29, 0.717) is 22.2 Å². The molecule has 0 aliphatic rings. The van der Waals surface area contributed by atoms with E-state index < -0.39 is 0 Å². The molecule has 2 rings (SSSR count). The standard InChI is InChI=1S/C12H12Cl2N4O3/c1-19-8-5-9(20-2)7(4-6(8)13)15-11-16-10(14)17-12(18-11)21-3/h4-5H,1-3H3,(H,15,16,17,18). The lowest BCUT2D eigenvalue weighted by Gasteiger charge is -2.13. The summed E-state index contributed by atoms with van der Waals surface area (Å²) in [5, 5.41) is 3.35. The number of rotatable bonds is 5. The Morgan fingerprint density at radius 2 is 1.62 bits per heavy atom. The lowest BCUT2D eigenvalue weighted by atomic mass is 10.2. The predicted octanol–water partition coefficient (Wildman–Crippen LogP) is 2.95. The monoisotopic (exact) mass is 330 g/mol. The molecule has 7 nitrogen and oxygen atoms in total. The molecule has 1 heterocycles. The molecule has 9 heteroatoms. The Morgan fingerprint density at radius 3 is 2.24 bits per heavy atom. The Balaban J connectivity index is 2.39. The van der Waals surface area contributed by atoms with Gasteiger partial charge in [-0.2, -0.15) is 15.0 Å². The third kappa shape index (κ3) is 3.56. The molecule has 0 saturated heterocycles. The average molecular weight is 331 g/mol. The first-order valence-corrected chi connectivity index (χ1v) is 6.47. The summed E-state index contributed by atoms with van der Waals surface area (Å²) < 4.78 is 15.3. The molecule has 1 aromatic heterocycles. The van der Waals surface area contributed by atoms with E-state index in [-0.39, 0.29) is 17.2 Å². The fourth-order valence-corrected chi connectivity index (χ4v) is 1.95. The summed E-state index contributed by atoms with van der Waals surface area (Å²) in [4.78, 5) is 11.8. The summed E-state index contributed by atoms with van der Waals surface area (Å²) in [6, 6.07) is 3.37. The Labute approximate surface area is 131 Å². The number of methoxy groups -OCH3 is 3. The Kier molecular flexibility index (Phi) is 4.87. The zero-order valence-electron chi connectivity index (χ0n) is 11.5. The maximum Gasteiger partial charge on any atom is 0.322 e. The molecule has 0 fully saturated rings. The van der Waals surface area contributed by atoms with Crippen molar-refractivity contribution in [3.8, 4) is 17.5 Å². The lowest BCUT2D eigenvalue weighted by Crippen LogP contribution is -2.03. The topological polar surface area (TPSA) is 78.4 Å². The zero-order valence-corrected chi connectivity index (χ0v) is 13.0. The second-order valence-electron chi connectivity index (χ2n) is 3.73. The molecule has 0 amide bonds. The fraction of sp³-hybridized carbons (Fsp3) is 0.250. The first-order valence-electron chi connectivity index (χ1n) is 5.71.